The van der Waals surface area contributed by atoms with Crippen molar-refractivity contribution in [2.75, 3.05) is 16.8 Å². The number of amides is 2. The third kappa shape index (κ3) is 4.43. The van der Waals surface area contributed by atoms with Gasteiger partial charge in [-0.25, -0.2) is 17.9 Å². The number of carbonyl (C=O) groups excluding carboxylic acids is 3. The van der Waals surface area contributed by atoms with Gasteiger partial charge in [0.1, 0.15) is 5.54 Å². The Morgan fingerprint density at radius 3 is 2.53 bits per heavy atom. The molecule has 0 saturated heterocycles. The minimum atomic E-state index is -3.80. The number of ether oxygens (including phenoxy) is 1. The molecule has 34 heavy (non-hydrogen) atoms. The Bertz CT molecular complexity index is 1230. The van der Waals surface area contributed by atoms with Gasteiger partial charge in [-0.3, -0.25) is 14.5 Å². The monoisotopic (exact) mass is 485 g/mol. The van der Waals surface area contributed by atoms with Crippen molar-refractivity contribution >= 4 is 39.2 Å². The van der Waals surface area contributed by atoms with E-state index in [9.17, 15) is 22.8 Å². The number of nitrogens with zero attached hydrogens (tertiary/aromatic N) is 1. The minimum Gasteiger partial charge on any atom is -0.452 e. The zero-order valence-electron chi connectivity index (χ0n) is 19.0. The van der Waals surface area contributed by atoms with E-state index in [1.165, 1.54) is 29.2 Å². The molecular formula is C24H27N3O6S. The quantitative estimate of drug-likeness (QED) is 0.607. The highest BCUT2D eigenvalue weighted by atomic mass is 32.2. The second-order valence-electron chi connectivity index (χ2n) is 8.82. The van der Waals surface area contributed by atoms with Gasteiger partial charge >= 0.3 is 5.97 Å². The first kappa shape index (κ1) is 23.9. The fourth-order valence-corrected chi connectivity index (χ4v) is 5.87. The number of anilines is 2. The Morgan fingerprint density at radius 2 is 1.82 bits per heavy atom. The summed E-state index contributed by atoms with van der Waals surface area (Å²) in [5.41, 5.74) is 0.0962. The molecule has 0 radical (unpaired) electrons. The first-order valence-electron chi connectivity index (χ1n) is 11.2. The van der Waals surface area contributed by atoms with E-state index < -0.39 is 34.0 Å². The van der Waals surface area contributed by atoms with Gasteiger partial charge in [-0.05, 0) is 57.0 Å². The van der Waals surface area contributed by atoms with Crippen LogP contribution in [0.3, 0.4) is 0 Å². The second-order valence-corrected chi connectivity index (χ2v) is 10.5. The van der Waals surface area contributed by atoms with Crippen LogP contribution in [0, 0.1) is 0 Å². The Labute approximate surface area is 198 Å². The molecule has 2 aliphatic rings. The van der Waals surface area contributed by atoms with Crippen LogP contribution in [0.2, 0.25) is 0 Å². The normalized spacial score (nSPS) is 16.9. The van der Waals surface area contributed by atoms with Gasteiger partial charge in [0.25, 0.3) is 11.8 Å². The molecule has 9 nitrogen and oxygen atoms in total. The fourth-order valence-electron chi connectivity index (χ4n) is 4.57. The zero-order chi connectivity index (χ0) is 24.5. The van der Waals surface area contributed by atoms with E-state index in [4.69, 9.17) is 4.74 Å². The maximum Gasteiger partial charge on any atom is 0.338 e. The van der Waals surface area contributed by atoms with Crippen molar-refractivity contribution in [3.63, 3.8) is 0 Å². The van der Waals surface area contributed by atoms with Crippen molar-refractivity contribution in [1.82, 2.24) is 4.72 Å². The van der Waals surface area contributed by atoms with Gasteiger partial charge in [0.05, 0.1) is 21.8 Å². The van der Waals surface area contributed by atoms with E-state index in [1.54, 1.807) is 38.1 Å². The highest BCUT2D eigenvalue weighted by molar-refractivity contribution is 7.89. The van der Waals surface area contributed by atoms with E-state index in [-0.39, 0.29) is 22.4 Å². The topological polar surface area (TPSA) is 122 Å². The standard InChI is InChI=1S/C24H27N3O6S/c1-16(2)26-34(31,32)18-9-7-8-17(14-18)22(29)33-15-21(28)27-20-11-4-3-10-19(20)25-23(30)24(27)12-5-6-13-24/h3-4,7-11,14,16,26H,5-6,12-13,15H2,1-2H3,(H,25,30). The average Bonchev–Trinajstić information content (AvgIpc) is 3.28. The molecule has 2 aromatic carbocycles. The van der Waals surface area contributed by atoms with E-state index in [2.05, 4.69) is 10.0 Å². The van der Waals surface area contributed by atoms with Crippen LogP contribution in [0.5, 0.6) is 0 Å². The van der Waals surface area contributed by atoms with Crippen LogP contribution < -0.4 is 14.9 Å². The van der Waals surface area contributed by atoms with Crippen LogP contribution in [0.4, 0.5) is 11.4 Å². The van der Waals surface area contributed by atoms with Crippen molar-refractivity contribution in [2.45, 2.75) is 56.0 Å². The number of esters is 1. The van der Waals surface area contributed by atoms with Crippen molar-refractivity contribution < 1.29 is 27.5 Å². The highest BCUT2D eigenvalue weighted by Gasteiger charge is 2.52. The number of hydrogen-bond donors (Lipinski definition) is 2. The lowest BCUT2D eigenvalue weighted by atomic mass is 9.90. The van der Waals surface area contributed by atoms with Crippen molar-refractivity contribution in [3.05, 3.63) is 54.1 Å². The first-order chi connectivity index (χ1) is 16.1. The number of hydrogen-bond acceptors (Lipinski definition) is 6. The summed E-state index contributed by atoms with van der Waals surface area (Å²) >= 11 is 0. The fraction of sp³-hybridized carbons (Fsp3) is 0.375. The summed E-state index contributed by atoms with van der Waals surface area (Å²) in [4.78, 5) is 40.4. The molecule has 1 aliphatic heterocycles. The van der Waals surface area contributed by atoms with Crippen LogP contribution in [-0.2, 0) is 24.3 Å². The molecule has 0 aromatic heterocycles. The number of rotatable bonds is 6. The number of sulfonamides is 1. The van der Waals surface area contributed by atoms with Crippen LogP contribution in [0.25, 0.3) is 0 Å². The molecule has 0 bridgehead atoms. The predicted molar refractivity (Wildman–Crippen MR) is 126 cm³/mol. The predicted octanol–water partition coefficient (Wildman–Crippen LogP) is 2.83. The van der Waals surface area contributed by atoms with Crippen LogP contribution in [0.15, 0.2) is 53.4 Å². The van der Waals surface area contributed by atoms with Gasteiger partial charge in [0.2, 0.25) is 10.0 Å². The number of carbonyl (C=O) groups is 3. The summed E-state index contributed by atoms with van der Waals surface area (Å²) in [5, 5.41) is 2.90. The molecule has 2 aromatic rings. The van der Waals surface area contributed by atoms with Crippen LogP contribution in [-0.4, -0.2) is 44.4 Å². The Balaban J connectivity index is 1.54. The Morgan fingerprint density at radius 1 is 1.12 bits per heavy atom. The number of fused-ring (bicyclic) bond motifs is 1. The van der Waals surface area contributed by atoms with Crippen LogP contribution >= 0.6 is 0 Å². The van der Waals surface area contributed by atoms with Crippen molar-refractivity contribution in [1.29, 1.82) is 0 Å². The molecule has 10 heteroatoms. The maximum atomic E-state index is 13.3. The zero-order valence-corrected chi connectivity index (χ0v) is 19.9. The maximum absolute atomic E-state index is 13.3. The largest absolute Gasteiger partial charge is 0.452 e. The molecule has 1 spiro atoms. The van der Waals surface area contributed by atoms with Gasteiger partial charge < -0.3 is 10.1 Å². The number of nitrogens with one attached hydrogen (secondary N) is 2. The third-order valence-electron chi connectivity index (χ3n) is 6.02. The lowest BCUT2D eigenvalue weighted by Gasteiger charge is -2.44. The summed E-state index contributed by atoms with van der Waals surface area (Å²) in [5.74, 6) is -1.58. The SMILES string of the molecule is CC(C)NS(=O)(=O)c1cccc(C(=O)OCC(=O)N2c3ccccc3NC(=O)C23CCCC3)c1. The molecule has 2 N–H and O–H groups in total. The van der Waals surface area contributed by atoms with Crippen molar-refractivity contribution in [3.8, 4) is 0 Å². The molecule has 1 heterocycles. The molecule has 0 atom stereocenters. The van der Waals surface area contributed by atoms with E-state index in [0.29, 0.717) is 24.2 Å². The lowest BCUT2D eigenvalue weighted by Crippen LogP contribution is -2.61. The lowest BCUT2D eigenvalue weighted by molar-refractivity contribution is -0.129. The first-order valence-corrected chi connectivity index (χ1v) is 12.7. The number of benzene rings is 2. The summed E-state index contributed by atoms with van der Waals surface area (Å²) in [6.45, 7) is 2.80. The molecule has 1 fully saturated rings. The minimum absolute atomic E-state index is 0.00629. The van der Waals surface area contributed by atoms with E-state index in [0.717, 1.165) is 12.8 Å². The summed E-state index contributed by atoms with van der Waals surface area (Å²) in [6.07, 6.45) is 2.67. The van der Waals surface area contributed by atoms with Gasteiger partial charge in [0, 0.05) is 6.04 Å². The third-order valence-corrected chi connectivity index (χ3v) is 7.68. The summed E-state index contributed by atoms with van der Waals surface area (Å²) < 4.78 is 32.6. The van der Waals surface area contributed by atoms with Gasteiger partial charge in [-0.15, -0.1) is 0 Å². The van der Waals surface area contributed by atoms with Gasteiger partial charge in [-0.2, -0.15) is 0 Å². The average molecular weight is 486 g/mol. The second kappa shape index (κ2) is 9.19. The summed E-state index contributed by atoms with van der Waals surface area (Å²) in [7, 11) is -3.80. The molecule has 0 unspecified atom stereocenters. The molecule has 1 aliphatic carbocycles. The molecular weight excluding hydrogens is 458 g/mol. The van der Waals surface area contributed by atoms with E-state index in [1.807, 2.05) is 0 Å². The Hall–Kier alpha value is -3.24. The molecule has 1 saturated carbocycles. The van der Waals surface area contributed by atoms with Crippen molar-refractivity contribution in [2.24, 2.45) is 0 Å². The van der Waals surface area contributed by atoms with Gasteiger partial charge in [-0.1, -0.05) is 31.0 Å². The molecule has 180 valence electrons. The highest BCUT2D eigenvalue weighted by Crippen LogP contribution is 2.45. The number of para-hydroxylation sites is 2. The molecule has 2 amide bonds. The Kier molecular flexibility index (Phi) is 6.46. The van der Waals surface area contributed by atoms with Crippen LogP contribution in [0.1, 0.15) is 49.9 Å². The summed E-state index contributed by atoms with van der Waals surface area (Å²) in [6, 6.07) is 12.1. The smallest absolute Gasteiger partial charge is 0.338 e. The molecule has 4 rings (SSSR count). The van der Waals surface area contributed by atoms with E-state index >= 15 is 0 Å². The van der Waals surface area contributed by atoms with Gasteiger partial charge in [0.15, 0.2) is 6.61 Å².